The van der Waals surface area contributed by atoms with Crippen molar-refractivity contribution in [2.24, 2.45) is 5.73 Å². The van der Waals surface area contributed by atoms with Crippen molar-refractivity contribution < 1.29 is 27.3 Å². The van der Waals surface area contributed by atoms with Crippen molar-refractivity contribution in [1.29, 1.82) is 0 Å². The number of fused-ring (bicyclic) bond motifs is 1. The molecule has 2 saturated heterocycles. The van der Waals surface area contributed by atoms with Gasteiger partial charge in [0.15, 0.2) is 0 Å². The van der Waals surface area contributed by atoms with Crippen LogP contribution in [0.3, 0.4) is 0 Å². The molecule has 0 bridgehead atoms. The van der Waals surface area contributed by atoms with E-state index in [9.17, 15) is 9.59 Å². The molecule has 3 atom stereocenters. The molecule has 12 heteroatoms. The van der Waals surface area contributed by atoms with Crippen molar-refractivity contribution in [2.45, 2.75) is 96.0 Å². The van der Waals surface area contributed by atoms with E-state index in [2.05, 4.69) is 65.5 Å². The van der Waals surface area contributed by atoms with Gasteiger partial charge in [-0.1, -0.05) is 55.4 Å². The molecule has 180 valence electrons. The van der Waals surface area contributed by atoms with Crippen molar-refractivity contribution in [3.8, 4) is 0 Å². The lowest BCUT2D eigenvalue weighted by molar-refractivity contribution is -0.130. The maximum atomic E-state index is 13.4. The van der Waals surface area contributed by atoms with E-state index in [-0.39, 0.29) is 40.4 Å². The van der Waals surface area contributed by atoms with Gasteiger partial charge in [-0.15, -0.1) is 5.10 Å². The molecule has 2 N–H and O–H groups in total. The summed E-state index contributed by atoms with van der Waals surface area (Å²) >= 11 is 0. The van der Waals surface area contributed by atoms with Gasteiger partial charge in [-0.2, -0.15) is 0 Å². The largest absolute Gasteiger partial charge is 0.414 e. The first-order chi connectivity index (χ1) is 14.9. The summed E-state index contributed by atoms with van der Waals surface area (Å²) in [4.78, 5) is 28.7. The number of ketones is 1. The number of ether oxygens (including phenoxy) is 1. The van der Waals surface area contributed by atoms with E-state index in [1.54, 1.807) is 0 Å². The van der Waals surface area contributed by atoms with Crippen LogP contribution < -0.4 is 5.73 Å². The number of primary amides is 1. The number of amides is 1. The summed E-state index contributed by atoms with van der Waals surface area (Å²) in [5.41, 5.74) is 5.81. The van der Waals surface area contributed by atoms with Gasteiger partial charge in [0.1, 0.15) is 18.5 Å². The minimum atomic E-state index is -2.94. The predicted molar refractivity (Wildman–Crippen MR) is 121 cm³/mol. The Kier molecular flexibility index (Phi) is 7.13. The number of Topliss-reactive ketones (excluding diaryl/α,β-unsaturated/α-hetero) is 1. The fourth-order valence-corrected chi connectivity index (χ4v) is 15.9. The normalized spacial score (nSPS) is 27.8. The molecular formula is C20H36N4O6Si2. The van der Waals surface area contributed by atoms with Crippen molar-refractivity contribution >= 4 is 28.8 Å². The number of hydrogen-bond donors (Lipinski definition) is 1. The number of nitrogens with two attached hydrogens (primary N) is 1. The van der Waals surface area contributed by atoms with E-state index in [0.717, 1.165) is 0 Å². The zero-order chi connectivity index (χ0) is 24.0. The van der Waals surface area contributed by atoms with E-state index < -0.39 is 41.5 Å². The van der Waals surface area contributed by atoms with Crippen LogP contribution in [0.2, 0.25) is 22.2 Å². The Bertz CT molecular complexity index is 843. The van der Waals surface area contributed by atoms with E-state index in [1.165, 1.54) is 11.0 Å². The van der Waals surface area contributed by atoms with Gasteiger partial charge < -0.3 is 23.4 Å². The number of nitrogens with zero attached hydrogens (tertiary/aromatic N) is 3. The summed E-state index contributed by atoms with van der Waals surface area (Å²) in [5, 5.41) is 4.02. The van der Waals surface area contributed by atoms with Gasteiger partial charge in [-0.05, 0) is 22.2 Å². The molecule has 2 aliphatic heterocycles. The SMILES string of the molecule is CC(C)[Si]1(C(C)C)OC[C@@H]2OC(n3cnc(C(N)=O)n3)C(=O)[C@H]2O[Si](C(C)C)(C(C)C)O1. The smallest absolute Gasteiger partial charge is 0.335 e. The van der Waals surface area contributed by atoms with Crippen molar-refractivity contribution in [1.82, 2.24) is 14.8 Å². The zero-order valence-electron chi connectivity index (χ0n) is 20.2. The van der Waals surface area contributed by atoms with Gasteiger partial charge in [0.05, 0.1) is 6.61 Å². The van der Waals surface area contributed by atoms with Gasteiger partial charge >= 0.3 is 17.1 Å². The quantitative estimate of drug-likeness (QED) is 0.611. The van der Waals surface area contributed by atoms with Crippen LogP contribution in [0, 0.1) is 0 Å². The monoisotopic (exact) mass is 484 g/mol. The molecule has 3 heterocycles. The highest BCUT2D eigenvalue weighted by molar-refractivity contribution is 6.84. The second kappa shape index (κ2) is 9.07. The lowest BCUT2D eigenvalue weighted by atomic mass is 10.2. The molecule has 2 aliphatic rings. The number of aromatic nitrogens is 3. The number of rotatable bonds is 6. The average molecular weight is 485 g/mol. The van der Waals surface area contributed by atoms with Gasteiger partial charge in [-0.3, -0.25) is 9.59 Å². The summed E-state index contributed by atoms with van der Waals surface area (Å²) in [6.45, 7) is 17.1. The Hall–Kier alpha value is -1.45. The summed E-state index contributed by atoms with van der Waals surface area (Å²) in [6, 6.07) is 0. The second-order valence-electron chi connectivity index (χ2n) is 9.85. The lowest BCUT2D eigenvalue weighted by Crippen LogP contribution is -2.65. The molecule has 1 aromatic heterocycles. The summed E-state index contributed by atoms with van der Waals surface area (Å²) in [6.07, 6.45) is -1.24. The Labute approximate surface area is 191 Å². The molecule has 0 radical (unpaired) electrons. The van der Waals surface area contributed by atoms with E-state index in [0.29, 0.717) is 0 Å². The van der Waals surface area contributed by atoms with Crippen molar-refractivity contribution in [2.75, 3.05) is 6.61 Å². The predicted octanol–water partition coefficient (Wildman–Crippen LogP) is 2.80. The molecule has 10 nitrogen and oxygen atoms in total. The summed E-state index contributed by atoms with van der Waals surface area (Å²) in [7, 11) is -5.66. The van der Waals surface area contributed by atoms with Crippen LogP contribution in [-0.2, 0) is 22.5 Å². The van der Waals surface area contributed by atoms with Crippen LogP contribution in [0.1, 0.15) is 72.2 Å². The first-order valence-corrected chi connectivity index (χ1v) is 15.2. The van der Waals surface area contributed by atoms with Crippen LogP contribution in [0.15, 0.2) is 6.33 Å². The third-order valence-electron chi connectivity index (χ3n) is 6.46. The van der Waals surface area contributed by atoms with Crippen LogP contribution in [-0.4, -0.2) is 62.4 Å². The van der Waals surface area contributed by atoms with Crippen molar-refractivity contribution in [3.05, 3.63) is 12.2 Å². The third-order valence-corrected chi connectivity index (χ3v) is 16.7. The first-order valence-electron chi connectivity index (χ1n) is 11.3. The van der Waals surface area contributed by atoms with Gasteiger partial charge in [-0.25, -0.2) is 9.67 Å². The highest BCUT2D eigenvalue weighted by Crippen LogP contribution is 2.47. The number of carbonyl (C=O) groups is 2. The fourth-order valence-electron chi connectivity index (χ4n) is 4.71. The Morgan fingerprint density at radius 2 is 1.62 bits per heavy atom. The number of carbonyl (C=O) groups excluding carboxylic acids is 2. The van der Waals surface area contributed by atoms with Gasteiger partial charge in [0.25, 0.3) is 5.91 Å². The molecule has 32 heavy (non-hydrogen) atoms. The van der Waals surface area contributed by atoms with Crippen LogP contribution >= 0.6 is 0 Å². The molecule has 3 rings (SSSR count). The van der Waals surface area contributed by atoms with Gasteiger partial charge in [0.2, 0.25) is 17.8 Å². The Balaban J connectivity index is 2.04. The van der Waals surface area contributed by atoms with E-state index >= 15 is 0 Å². The van der Waals surface area contributed by atoms with Crippen LogP contribution in [0.5, 0.6) is 0 Å². The average Bonchev–Trinajstić information content (AvgIpc) is 3.27. The van der Waals surface area contributed by atoms with E-state index in [4.69, 9.17) is 23.4 Å². The first kappa shape index (κ1) is 25.2. The molecule has 1 aromatic rings. The minimum Gasteiger partial charge on any atom is -0.414 e. The second-order valence-corrected chi connectivity index (χ2v) is 18.7. The number of hydrogen-bond acceptors (Lipinski definition) is 8. The van der Waals surface area contributed by atoms with Crippen LogP contribution in [0.4, 0.5) is 0 Å². The molecule has 2 fully saturated rings. The van der Waals surface area contributed by atoms with Crippen molar-refractivity contribution in [3.63, 3.8) is 0 Å². The van der Waals surface area contributed by atoms with Gasteiger partial charge in [0, 0.05) is 0 Å². The fraction of sp³-hybridized carbons (Fsp3) is 0.800. The third kappa shape index (κ3) is 4.12. The molecule has 1 amide bonds. The molecule has 0 aliphatic carbocycles. The maximum absolute atomic E-state index is 13.4. The zero-order valence-corrected chi connectivity index (χ0v) is 22.2. The summed E-state index contributed by atoms with van der Waals surface area (Å²) in [5.74, 6) is -1.24. The Morgan fingerprint density at radius 3 is 2.09 bits per heavy atom. The van der Waals surface area contributed by atoms with E-state index in [1.807, 2.05) is 0 Å². The maximum Gasteiger partial charge on any atom is 0.335 e. The molecular weight excluding hydrogens is 448 g/mol. The standard InChI is InChI=1S/C20H36N4O6Si2/c1-11(2)31(12(3)4)27-9-15-17(29-32(30-31,13(5)6)14(7)8)16(25)20(28-15)24-10-22-19(23-24)18(21)26/h10-15,17,20H,9H2,1-8H3,(H2,21,26)/t15-,17-,20?/m0/s1. The topological polar surface area (TPSA) is 128 Å². The van der Waals surface area contributed by atoms with Crippen LogP contribution in [0.25, 0.3) is 0 Å². The molecule has 1 unspecified atom stereocenters. The highest BCUT2D eigenvalue weighted by atomic mass is 28.5. The highest BCUT2D eigenvalue weighted by Gasteiger charge is 2.61. The Morgan fingerprint density at radius 1 is 1.06 bits per heavy atom. The molecule has 0 aromatic carbocycles. The lowest BCUT2D eigenvalue weighted by Gasteiger charge is -2.50. The summed E-state index contributed by atoms with van der Waals surface area (Å²) < 4.78 is 27.8. The molecule has 0 saturated carbocycles. The molecule has 0 spiro atoms. The minimum absolute atomic E-state index is 0.0916.